The zero-order valence-corrected chi connectivity index (χ0v) is 9.66. The van der Waals surface area contributed by atoms with Crippen molar-refractivity contribution in [3.63, 3.8) is 0 Å². The molecule has 0 unspecified atom stereocenters. The van der Waals surface area contributed by atoms with Gasteiger partial charge in [0.15, 0.2) is 0 Å². The van der Waals surface area contributed by atoms with Crippen LogP contribution in [0.15, 0.2) is 30.6 Å². The van der Waals surface area contributed by atoms with Gasteiger partial charge in [-0.15, -0.1) is 0 Å². The number of nitrogens with zero attached hydrogens (tertiary/aromatic N) is 4. The van der Waals surface area contributed by atoms with Crippen molar-refractivity contribution in [3.05, 3.63) is 56.4 Å². The second-order valence-corrected chi connectivity index (χ2v) is 3.64. The summed E-state index contributed by atoms with van der Waals surface area (Å²) in [4.78, 5) is 31.0. The second kappa shape index (κ2) is 4.76. The first-order chi connectivity index (χ1) is 9.41. The van der Waals surface area contributed by atoms with E-state index in [0.29, 0.717) is 0 Å². The molecule has 102 valence electrons. The number of para-hydroxylation sites is 1. The van der Waals surface area contributed by atoms with Crippen LogP contribution < -0.4 is 0 Å². The third-order valence-corrected chi connectivity index (χ3v) is 2.45. The van der Waals surface area contributed by atoms with Gasteiger partial charge in [-0.2, -0.15) is 5.10 Å². The smallest absolute Gasteiger partial charge is 0.342 e. The molecule has 2 aromatic rings. The van der Waals surface area contributed by atoms with Crippen LogP contribution in [0.25, 0.3) is 5.69 Å². The fourth-order valence-electron chi connectivity index (χ4n) is 1.62. The van der Waals surface area contributed by atoms with E-state index in [1.807, 2.05) is 0 Å². The molecule has 0 saturated carbocycles. The van der Waals surface area contributed by atoms with E-state index in [0.717, 1.165) is 23.1 Å². The van der Waals surface area contributed by atoms with Gasteiger partial charge in [-0.25, -0.2) is 9.48 Å². The number of hydrogen-bond donors (Lipinski definition) is 1. The van der Waals surface area contributed by atoms with E-state index in [9.17, 15) is 25.0 Å². The summed E-state index contributed by atoms with van der Waals surface area (Å²) in [5.74, 6) is -1.47. The number of aromatic nitrogens is 2. The zero-order valence-electron chi connectivity index (χ0n) is 9.66. The summed E-state index contributed by atoms with van der Waals surface area (Å²) in [6, 6.07) is 3.61. The molecule has 0 aliphatic heterocycles. The summed E-state index contributed by atoms with van der Waals surface area (Å²) in [7, 11) is 0. The lowest BCUT2D eigenvalue weighted by Gasteiger charge is -2.04. The Morgan fingerprint density at radius 1 is 1.25 bits per heavy atom. The molecule has 0 saturated heterocycles. The van der Waals surface area contributed by atoms with Crippen molar-refractivity contribution in [3.8, 4) is 5.69 Å². The molecule has 0 bridgehead atoms. The number of carbonyl (C=O) groups is 1. The van der Waals surface area contributed by atoms with Crippen LogP contribution in [0, 0.1) is 20.2 Å². The maximum Gasteiger partial charge on any atom is 0.342 e. The van der Waals surface area contributed by atoms with Crippen LogP contribution in [0.4, 0.5) is 11.4 Å². The number of carboxylic acid groups (broad SMARTS) is 1. The summed E-state index contributed by atoms with van der Waals surface area (Å²) >= 11 is 0. The molecule has 0 aliphatic carbocycles. The number of rotatable bonds is 4. The average molecular weight is 278 g/mol. The molecule has 0 aliphatic rings. The van der Waals surface area contributed by atoms with Crippen molar-refractivity contribution in [2.75, 3.05) is 0 Å². The van der Waals surface area contributed by atoms with Crippen molar-refractivity contribution in [1.82, 2.24) is 9.78 Å². The highest BCUT2D eigenvalue weighted by Gasteiger charge is 2.26. The van der Waals surface area contributed by atoms with Gasteiger partial charge in [0, 0.05) is 0 Å². The van der Waals surface area contributed by atoms with Crippen molar-refractivity contribution in [2.45, 2.75) is 0 Å². The first-order valence-electron chi connectivity index (χ1n) is 5.12. The molecular formula is C10H6N4O6. The maximum atomic E-state index is 11.0. The maximum absolute atomic E-state index is 11.0. The highest BCUT2D eigenvalue weighted by atomic mass is 16.6. The fraction of sp³-hybridized carbons (Fsp3) is 0. The summed E-state index contributed by atoms with van der Waals surface area (Å²) in [5, 5.41) is 34.2. The summed E-state index contributed by atoms with van der Waals surface area (Å²) in [5.41, 5.74) is -1.73. The lowest BCUT2D eigenvalue weighted by molar-refractivity contribution is -0.385. The molecule has 0 spiro atoms. The molecule has 1 heterocycles. The number of carboxylic acids is 1. The topological polar surface area (TPSA) is 141 Å². The molecule has 20 heavy (non-hydrogen) atoms. The number of nitro benzene ring substituents is 1. The minimum absolute atomic E-state index is 0.164. The van der Waals surface area contributed by atoms with Gasteiger partial charge in [-0.1, -0.05) is 6.07 Å². The zero-order chi connectivity index (χ0) is 14.9. The predicted molar refractivity (Wildman–Crippen MR) is 63.8 cm³/mol. The quantitative estimate of drug-likeness (QED) is 0.657. The van der Waals surface area contributed by atoms with Crippen molar-refractivity contribution >= 4 is 17.3 Å². The summed E-state index contributed by atoms with van der Waals surface area (Å²) < 4.78 is 0.892. The van der Waals surface area contributed by atoms with E-state index in [-0.39, 0.29) is 11.4 Å². The van der Waals surface area contributed by atoms with Crippen LogP contribution in [-0.2, 0) is 0 Å². The highest BCUT2D eigenvalue weighted by Crippen LogP contribution is 2.27. The van der Waals surface area contributed by atoms with Gasteiger partial charge in [0.05, 0.1) is 9.85 Å². The minimum atomic E-state index is -1.47. The number of aromatic carboxylic acids is 1. The molecule has 0 radical (unpaired) electrons. The van der Waals surface area contributed by atoms with Crippen LogP contribution in [-0.4, -0.2) is 30.7 Å². The second-order valence-electron chi connectivity index (χ2n) is 3.64. The molecule has 1 aromatic heterocycles. The monoisotopic (exact) mass is 278 g/mol. The molecule has 2 rings (SSSR count). The van der Waals surface area contributed by atoms with Crippen molar-refractivity contribution in [2.24, 2.45) is 0 Å². The minimum Gasteiger partial charge on any atom is -0.477 e. The third-order valence-electron chi connectivity index (χ3n) is 2.45. The largest absolute Gasteiger partial charge is 0.477 e. The SMILES string of the molecule is O=C(O)c1cccc(-n2cc([N+](=O)[O-])cn2)c1[N+](=O)[O-]. The number of hydrogen-bond acceptors (Lipinski definition) is 6. The number of nitro groups is 2. The predicted octanol–water partition coefficient (Wildman–Crippen LogP) is 1.39. The molecule has 1 aromatic carbocycles. The fourth-order valence-corrected chi connectivity index (χ4v) is 1.62. The lowest BCUT2D eigenvalue weighted by atomic mass is 10.1. The Morgan fingerprint density at radius 3 is 2.45 bits per heavy atom. The standard InChI is InChI=1S/C10H6N4O6/c15-10(16)7-2-1-3-8(9(7)14(19)20)12-5-6(4-11-12)13(17)18/h1-5H,(H,15,16). The van der Waals surface area contributed by atoms with Gasteiger partial charge in [-0.05, 0) is 12.1 Å². The molecule has 0 amide bonds. The molecular weight excluding hydrogens is 272 g/mol. The van der Waals surface area contributed by atoms with E-state index in [1.54, 1.807) is 0 Å². The van der Waals surface area contributed by atoms with Gasteiger partial charge >= 0.3 is 17.3 Å². The molecule has 10 heteroatoms. The highest BCUT2D eigenvalue weighted by molar-refractivity contribution is 5.94. The van der Waals surface area contributed by atoms with Crippen LogP contribution in [0.2, 0.25) is 0 Å². The van der Waals surface area contributed by atoms with E-state index in [4.69, 9.17) is 5.11 Å². The van der Waals surface area contributed by atoms with E-state index in [2.05, 4.69) is 5.10 Å². The van der Waals surface area contributed by atoms with Crippen LogP contribution >= 0.6 is 0 Å². The van der Waals surface area contributed by atoms with Crippen molar-refractivity contribution in [1.29, 1.82) is 0 Å². The Morgan fingerprint density at radius 2 is 1.95 bits per heavy atom. The van der Waals surface area contributed by atoms with E-state index >= 15 is 0 Å². The molecule has 1 N–H and O–H groups in total. The van der Waals surface area contributed by atoms with Crippen molar-refractivity contribution < 1.29 is 19.7 Å². The van der Waals surface area contributed by atoms with Crippen LogP contribution in [0.1, 0.15) is 10.4 Å². The molecule has 0 fully saturated rings. The Bertz CT molecular complexity index is 722. The van der Waals surface area contributed by atoms with Gasteiger partial charge in [0.2, 0.25) is 0 Å². The van der Waals surface area contributed by atoms with E-state index < -0.39 is 27.1 Å². The lowest BCUT2D eigenvalue weighted by Crippen LogP contribution is -2.07. The Balaban J connectivity index is 2.66. The molecule has 10 nitrogen and oxygen atoms in total. The molecule has 0 atom stereocenters. The summed E-state index contributed by atoms with van der Waals surface area (Å²) in [6.07, 6.45) is 1.88. The van der Waals surface area contributed by atoms with E-state index in [1.165, 1.54) is 12.1 Å². The Labute approximate surface area is 110 Å². The Kier molecular flexibility index (Phi) is 3.13. The van der Waals surface area contributed by atoms with Crippen LogP contribution in [0.3, 0.4) is 0 Å². The average Bonchev–Trinajstić information content (AvgIpc) is 2.87. The van der Waals surface area contributed by atoms with Gasteiger partial charge in [0.1, 0.15) is 23.6 Å². The number of benzene rings is 1. The normalized spacial score (nSPS) is 10.2. The van der Waals surface area contributed by atoms with Gasteiger partial charge in [0.25, 0.3) is 0 Å². The third kappa shape index (κ3) is 2.16. The first-order valence-corrected chi connectivity index (χ1v) is 5.12. The van der Waals surface area contributed by atoms with Gasteiger partial charge < -0.3 is 5.11 Å². The summed E-state index contributed by atoms with van der Waals surface area (Å²) in [6.45, 7) is 0. The first kappa shape index (κ1) is 13.1. The Hall–Kier alpha value is -3.30. The van der Waals surface area contributed by atoms with Crippen LogP contribution in [0.5, 0.6) is 0 Å². The van der Waals surface area contributed by atoms with Gasteiger partial charge in [-0.3, -0.25) is 20.2 Å².